The third kappa shape index (κ3) is 4.09. The fourth-order valence-corrected chi connectivity index (χ4v) is 3.06. The molecule has 0 bridgehead atoms. The molecule has 1 saturated heterocycles. The van der Waals surface area contributed by atoms with Crippen molar-refractivity contribution >= 4 is 17.8 Å². The number of aromatic nitrogens is 3. The van der Waals surface area contributed by atoms with Crippen molar-refractivity contribution in [1.29, 1.82) is 0 Å². The molecule has 1 aromatic carbocycles. The maximum Gasteiger partial charge on any atom is 0.251 e. The molecule has 26 heavy (non-hydrogen) atoms. The molecule has 3 rings (SSSR count). The summed E-state index contributed by atoms with van der Waals surface area (Å²) in [4.78, 5) is 30.1. The highest BCUT2D eigenvalue weighted by Crippen LogP contribution is 2.18. The second-order valence-corrected chi connectivity index (χ2v) is 6.94. The Bertz CT molecular complexity index is 799. The number of hydrogen-bond donors (Lipinski definition) is 1. The molecule has 1 aliphatic heterocycles. The molecule has 1 aliphatic rings. The lowest BCUT2D eigenvalue weighted by molar-refractivity contribution is 0.0949. The van der Waals surface area contributed by atoms with E-state index in [9.17, 15) is 4.79 Å². The van der Waals surface area contributed by atoms with Crippen molar-refractivity contribution in [3.05, 3.63) is 40.7 Å². The van der Waals surface area contributed by atoms with Crippen LogP contribution in [0.25, 0.3) is 0 Å². The lowest BCUT2D eigenvalue weighted by Crippen LogP contribution is -2.28. The van der Waals surface area contributed by atoms with Gasteiger partial charge in [-0.2, -0.15) is 15.0 Å². The van der Waals surface area contributed by atoms with Crippen LogP contribution in [0.2, 0.25) is 0 Å². The minimum absolute atomic E-state index is 0.114. The Morgan fingerprint density at radius 1 is 1.15 bits per heavy atom. The van der Waals surface area contributed by atoms with E-state index in [1.165, 1.54) is 0 Å². The number of nitrogens with one attached hydrogen (secondary N) is 1. The fourth-order valence-electron chi connectivity index (χ4n) is 3.06. The number of carbonyl (C=O) groups is 1. The van der Waals surface area contributed by atoms with Gasteiger partial charge in [0.15, 0.2) is 5.82 Å². The maximum atomic E-state index is 12.5. The zero-order valence-corrected chi connectivity index (χ0v) is 15.9. The summed E-state index contributed by atoms with van der Waals surface area (Å²) >= 11 is 0. The third-order valence-corrected chi connectivity index (χ3v) is 4.48. The van der Waals surface area contributed by atoms with Crippen LogP contribution in [-0.4, -0.2) is 48.0 Å². The molecule has 1 fully saturated rings. The van der Waals surface area contributed by atoms with Gasteiger partial charge in [0.25, 0.3) is 5.91 Å². The average Bonchev–Trinajstić information content (AvgIpc) is 3.14. The van der Waals surface area contributed by atoms with Gasteiger partial charge in [0.05, 0.1) is 6.54 Å². The van der Waals surface area contributed by atoms with Crippen LogP contribution in [0, 0.1) is 13.8 Å². The molecule has 2 heterocycles. The average molecular weight is 354 g/mol. The van der Waals surface area contributed by atoms with Crippen LogP contribution in [-0.2, 0) is 6.54 Å². The van der Waals surface area contributed by atoms with Crippen molar-refractivity contribution in [1.82, 2.24) is 20.3 Å². The molecule has 0 atom stereocenters. The maximum absolute atomic E-state index is 12.5. The second kappa shape index (κ2) is 7.68. The van der Waals surface area contributed by atoms with E-state index < -0.39 is 0 Å². The molecule has 0 saturated carbocycles. The highest BCUT2D eigenvalue weighted by atomic mass is 16.1. The van der Waals surface area contributed by atoms with E-state index in [4.69, 9.17) is 0 Å². The molecular weight excluding hydrogens is 328 g/mol. The van der Waals surface area contributed by atoms with E-state index >= 15 is 0 Å². The normalized spacial score (nSPS) is 13.8. The number of rotatable bonds is 5. The van der Waals surface area contributed by atoms with Crippen molar-refractivity contribution in [2.45, 2.75) is 33.2 Å². The molecule has 0 aliphatic carbocycles. The Labute approximate surface area is 154 Å². The first-order valence-corrected chi connectivity index (χ1v) is 8.97. The Hall–Kier alpha value is -2.70. The summed E-state index contributed by atoms with van der Waals surface area (Å²) in [5.41, 5.74) is 2.78. The first kappa shape index (κ1) is 18.1. The predicted molar refractivity (Wildman–Crippen MR) is 103 cm³/mol. The lowest BCUT2D eigenvalue weighted by Gasteiger charge is -2.19. The van der Waals surface area contributed by atoms with Crippen molar-refractivity contribution in [3.8, 4) is 0 Å². The zero-order valence-electron chi connectivity index (χ0n) is 15.9. The van der Waals surface area contributed by atoms with Gasteiger partial charge in [-0.25, -0.2) is 0 Å². The molecule has 1 N–H and O–H groups in total. The molecule has 1 amide bonds. The van der Waals surface area contributed by atoms with Crippen molar-refractivity contribution in [2.75, 3.05) is 37.0 Å². The van der Waals surface area contributed by atoms with Gasteiger partial charge in [-0.1, -0.05) is 17.7 Å². The van der Waals surface area contributed by atoms with E-state index in [0.29, 0.717) is 23.3 Å². The summed E-state index contributed by atoms with van der Waals surface area (Å²) < 4.78 is 0. The smallest absolute Gasteiger partial charge is 0.251 e. The number of carbonyl (C=O) groups excluding carboxylic acids is 1. The SMILES string of the molecule is Cc1ccc(C(=O)NCc2nc(N(C)C)nc(N3CCCC3)n2)c(C)c1. The standard InChI is InChI=1S/C19H26N6O/c1-13-7-8-15(14(2)11-13)17(26)20-12-16-21-18(24(3)4)23-19(22-16)25-9-5-6-10-25/h7-8,11H,5-6,9-10,12H2,1-4H3,(H,20,26). The quantitative estimate of drug-likeness (QED) is 0.886. The molecule has 138 valence electrons. The van der Waals surface area contributed by atoms with Crippen LogP contribution >= 0.6 is 0 Å². The van der Waals surface area contributed by atoms with Crippen molar-refractivity contribution in [2.24, 2.45) is 0 Å². The highest BCUT2D eigenvalue weighted by Gasteiger charge is 2.18. The number of aryl methyl sites for hydroxylation is 2. The Kier molecular flexibility index (Phi) is 5.35. The van der Waals surface area contributed by atoms with E-state index in [2.05, 4.69) is 25.2 Å². The first-order chi connectivity index (χ1) is 12.4. The molecule has 0 spiro atoms. The molecule has 1 aromatic heterocycles. The topological polar surface area (TPSA) is 74.2 Å². The summed E-state index contributed by atoms with van der Waals surface area (Å²) in [6.07, 6.45) is 2.31. The molecule has 7 heteroatoms. The molecule has 7 nitrogen and oxygen atoms in total. The fraction of sp³-hybridized carbons (Fsp3) is 0.474. The summed E-state index contributed by atoms with van der Waals surface area (Å²) in [5.74, 6) is 1.76. The van der Waals surface area contributed by atoms with Gasteiger partial charge >= 0.3 is 0 Å². The van der Waals surface area contributed by atoms with Gasteiger partial charge < -0.3 is 15.1 Å². The Balaban J connectivity index is 1.77. The number of benzene rings is 1. The van der Waals surface area contributed by atoms with E-state index in [1.807, 2.05) is 51.0 Å². The molecule has 0 radical (unpaired) electrons. The molecular formula is C19H26N6O. The second-order valence-electron chi connectivity index (χ2n) is 6.94. The van der Waals surface area contributed by atoms with Gasteiger partial charge in [-0.3, -0.25) is 4.79 Å². The number of amides is 1. The number of hydrogen-bond acceptors (Lipinski definition) is 6. The van der Waals surface area contributed by atoms with E-state index in [0.717, 1.165) is 37.1 Å². The van der Waals surface area contributed by atoms with Gasteiger partial charge in [0, 0.05) is 32.7 Å². The van der Waals surface area contributed by atoms with Gasteiger partial charge in [0.1, 0.15) is 0 Å². The van der Waals surface area contributed by atoms with Crippen LogP contribution in [0.1, 0.15) is 40.2 Å². The summed E-state index contributed by atoms with van der Waals surface area (Å²) in [5, 5.41) is 2.93. The molecule has 0 unspecified atom stereocenters. The van der Waals surface area contributed by atoms with E-state index in [-0.39, 0.29) is 12.5 Å². The van der Waals surface area contributed by atoms with Crippen LogP contribution < -0.4 is 15.1 Å². The monoisotopic (exact) mass is 354 g/mol. The van der Waals surface area contributed by atoms with Crippen molar-refractivity contribution < 1.29 is 4.79 Å². The van der Waals surface area contributed by atoms with Crippen LogP contribution in [0.3, 0.4) is 0 Å². The lowest BCUT2D eigenvalue weighted by atomic mass is 10.1. The van der Waals surface area contributed by atoms with Gasteiger partial charge in [-0.15, -0.1) is 0 Å². The molecule has 2 aromatic rings. The number of nitrogens with zero attached hydrogens (tertiary/aromatic N) is 5. The minimum Gasteiger partial charge on any atom is -0.347 e. The Morgan fingerprint density at radius 2 is 1.88 bits per heavy atom. The highest BCUT2D eigenvalue weighted by molar-refractivity contribution is 5.95. The summed E-state index contributed by atoms with van der Waals surface area (Å²) in [7, 11) is 3.81. The Morgan fingerprint density at radius 3 is 2.54 bits per heavy atom. The van der Waals surface area contributed by atoms with Crippen molar-refractivity contribution in [3.63, 3.8) is 0 Å². The third-order valence-electron chi connectivity index (χ3n) is 4.48. The first-order valence-electron chi connectivity index (χ1n) is 8.97. The van der Waals surface area contributed by atoms with Crippen LogP contribution in [0.15, 0.2) is 18.2 Å². The predicted octanol–water partition coefficient (Wildman–Crippen LogP) is 2.08. The van der Waals surface area contributed by atoms with Crippen LogP contribution in [0.4, 0.5) is 11.9 Å². The minimum atomic E-state index is -0.114. The summed E-state index contributed by atoms with van der Waals surface area (Å²) in [6.45, 7) is 6.16. The zero-order chi connectivity index (χ0) is 18.7. The van der Waals surface area contributed by atoms with Crippen LogP contribution in [0.5, 0.6) is 0 Å². The summed E-state index contributed by atoms with van der Waals surface area (Å²) in [6, 6.07) is 5.81. The van der Waals surface area contributed by atoms with E-state index in [1.54, 1.807) is 0 Å². The van der Waals surface area contributed by atoms with Gasteiger partial charge in [0.2, 0.25) is 11.9 Å². The largest absolute Gasteiger partial charge is 0.347 e. The van der Waals surface area contributed by atoms with Gasteiger partial charge in [-0.05, 0) is 38.3 Å². The number of anilines is 2.